The van der Waals surface area contributed by atoms with E-state index in [4.69, 9.17) is 9.84 Å². The Morgan fingerprint density at radius 2 is 2.00 bits per heavy atom. The Hall–Kier alpha value is -0.570. The highest BCUT2D eigenvalue weighted by Gasteiger charge is 2.45. The number of hydrogen-bond donors (Lipinski definition) is 1. The number of ether oxygens (including phenoxy) is 1. The zero-order valence-corrected chi connectivity index (χ0v) is 9.46. The van der Waals surface area contributed by atoms with Gasteiger partial charge in [-0.3, -0.25) is 4.79 Å². The first-order chi connectivity index (χ1) is 6.31. The van der Waals surface area contributed by atoms with Crippen LogP contribution in [0.25, 0.3) is 0 Å². The Balaban J connectivity index is 2.80. The van der Waals surface area contributed by atoms with Gasteiger partial charge in [-0.1, -0.05) is 13.8 Å². The van der Waals surface area contributed by atoms with Gasteiger partial charge >= 0.3 is 5.97 Å². The number of aliphatic carboxylic acids is 1. The Labute approximate surface area is 85.5 Å². The molecule has 0 aliphatic heterocycles. The number of hydrogen-bond acceptors (Lipinski definition) is 2. The summed E-state index contributed by atoms with van der Waals surface area (Å²) in [7, 11) is 1.71. The maximum Gasteiger partial charge on any atom is 0.307 e. The van der Waals surface area contributed by atoms with Gasteiger partial charge in [0.2, 0.25) is 0 Å². The summed E-state index contributed by atoms with van der Waals surface area (Å²) >= 11 is 0. The summed E-state index contributed by atoms with van der Waals surface area (Å²) < 4.78 is 5.45. The molecule has 2 atom stereocenters. The second-order valence-electron chi connectivity index (χ2n) is 5.25. The minimum Gasteiger partial charge on any atom is -0.481 e. The van der Waals surface area contributed by atoms with E-state index in [9.17, 15) is 4.79 Å². The molecule has 0 saturated heterocycles. The summed E-state index contributed by atoms with van der Waals surface area (Å²) in [5.74, 6) is -0.904. The van der Waals surface area contributed by atoms with Crippen LogP contribution >= 0.6 is 0 Å². The summed E-state index contributed by atoms with van der Waals surface area (Å²) in [4.78, 5) is 11.0. The van der Waals surface area contributed by atoms with E-state index in [1.807, 2.05) is 13.8 Å². The number of carboxylic acid groups (broad SMARTS) is 1. The molecular formula is C11H20O3. The average molecular weight is 200 g/mol. The smallest absolute Gasteiger partial charge is 0.307 e. The minimum atomic E-state index is -0.673. The monoisotopic (exact) mass is 200 g/mol. The van der Waals surface area contributed by atoms with E-state index in [1.54, 1.807) is 7.11 Å². The first-order valence-corrected chi connectivity index (χ1v) is 5.09. The van der Waals surface area contributed by atoms with Gasteiger partial charge in [0, 0.05) is 7.11 Å². The quantitative estimate of drug-likeness (QED) is 0.744. The second kappa shape index (κ2) is 3.54. The fraction of sp³-hybridized carbons (Fsp3) is 0.909. The van der Waals surface area contributed by atoms with Gasteiger partial charge in [-0.2, -0.15) is 0 Å². The van der Waals surface area contributed by atoms with Gasteiger partial charge < -0.3 is 9.84 Å². The van der Waals surface area contributed by atoms with Gasteiger partial charge in [0.15, 0.2) is 0 Å². The Bertz CT molecular complexity index is 235. The second-order valence-corrected chi connectivity index (χ2v) is 5.25. The SMILES string of the molecule is COC1(C)CCC(C(=O)O)C(C)(C)C1. The Morgan fingerprint density at radius 1 is 1.43 bits per heavy atom. The Morgan fingerprint density at radius 3 is 2.36 bits per heavy atom. The number of carbonyl (C=O) groups is 1. The van der Waals surface area contributed by atoms with Crippen LogP contribution in [0.3, 0.4) is 0 Å². The molecule has 2 unspecified atom stereocenters. The summed E-state index contributed by atoms with van der Waals surface area (Å²) in [6, 6.07) is 0. The van der Waals surface area contributed by atoms with Crippen LogP contribution in [0.2, 0.25) is 0 Å². The zero-order valence-electron chi connectivity index (χ0n) is 9.46. The predicted octanol–water partition coefficient (Wildman–Crippen LogP) is 2.30. The van der Waals surface area contributed by atoms with E-state index in [-0.39, 0.29) is 16.9 Å². The van der Waals surface area contributed by atoms with Crippen LogP contribution in [0.1, 0.15) is 40.0 Å². The summed E-state index contributed by atoms with van der Waals surface area (Å²) in [6.07, 6.45) is 2.37. The highest BCUT2D eigenvalue weighted by atomic mass is 16.5. The molecule has 1 rings (SSSR count). The molecule has 0 spiro atoms. The maximum atomic E-state index is 11.0. The van der Waals surface area contributed by atoms with E-state index in [0.29, 0.717) is 6.42 Å². The van der Waals surface area contributed by atoms with Crippen molar-refractivity contribution >= 4 is 5.97 Å². The molecule has 0 radical (unpaired) electrons. The third-order valence-electron chi connectivity index (χ3n) is 3.53. The van der Waals surface area contributed by atoms with E-state index in [2.05, 4.69) is 6.92 Å². The van der Waals surface area contributed by atoms with Crippen molar-refractivity contribution < 1.29 is 14.6 Å². The molecule has 0 heterocycles. The van der Waals surface area contributed by atoms with Crippen molar-refractivity contribution in [3.8, 4) is 0 Å². The van der Waals surface area contributed by atoms with Crippen LogP contribution in [0, 0.1) is 11.3 Å². The lowest BCUT2D eigenvalue weighted by molar-refractivity contribution is -0.154. The van der Waals surface area contributed by atoms with Gasteiger partial charge in [-0.05, 0) is 31.6 Å². The lowest BCUT2D eigenvalue weighted by Crippen LogP contribution is -2.45. The van der Waals surface area contributed by atoms with E-state index >= 15 is 0 Å². The molecule has 1 saturated carbocycles. The fourth-order valence-electron chi connectivity index (χ4n) is 2.65. The highest BCUT2D eigenvalue weighted by molar-refractivity contribution is 5.71. The number of carboxylic acids is 1. The summed E-state index contributed by atoms with van der Waals surface area (Å²) in [5, 5.41) is 9.08. The lowest BCUT2D eigenvalue weighted by atomic mass is 9.64. The maximum absolute atomic E-state index is 11.0. The van der Waals surface area contributed by atoms with Crippen LogP contribution < -0.4 is 0 Å². The van der Waals surface area contributed by atoms with Gasteiger partial charge in [0.05, 0.1) is 11.5 Å². The molecule has 14 heavy (non-hydrogen) atoms. The van der Waals surface area contributed by atoms with Gasteiger partial charge in [0.25, 0.3) is 0 Å². The van der Waals surface area contributed by atoms with Crippen molar-refractivity contribution in [3.05, 3.63) is 0 Å². The number of rotatable bonds is 2. The summed E-state index contributed by atoms with van der Waals surface area (Å²) in [5.41, 5.74) is -0.315. The zero-order chi connectivity index (χ0) is 11.0. The van der Waals surface area contributed by atoms with Crippen molar-refractivity contribution in [2.45, 2.75) is 45.6 Å². The Kier molecular flexibility index (Phi) is 2.91. The first-order valence-electron chi connectivity index (χ1n) is 5.09. The predicted molar refractivity (Wildman–Crippen MR) is 54.2 cm³/mol. The van der Waals surface area contributed by atoms with Crippen LogP contribution in [-0.2, 0) is 9.53 Å². The van der Waals surface area contributed by atoms with Crippen LogP contribution in [-0.4, -0.2) is 23.8 Å². The van der Waals surface area contributed by atoms with Gasteiger partial charge in [0.1, 0.15) is 0 Å². The van der Waals surface area contributed by atoms with E-state index < -0.39 is 5.97 Å². The van der Waals surface area contributed by atoms with Crippen molar-refractivity contribution in [2.24, 2.45) is 11.3 Å². The normalized spacial score (nSPS) is 36.7. The lowest BCUT2D eigenvalue weighted by Gasteiger charge is -2.45. The van der Waals surface area contributed by atoms with Crippen molar-refractivity contribution in [1.82, 2.24) is 0 Å². The summed E-state index contributed by atoms with van der Waals surface area (Å²) in [6.45, 7) is 6.09. The van der Waals surface area contributed by atoms with Gasteiger partial charge in [-0.15, -0.1) is 0 Å². The molecule has 0 aromatic rings. The fourth-order valence-corrected chi connectivity index (χ4v) is 2.65. The molecule has 1 N–H and O–H groups in total. The van der Waals surface area contributed by atoms with Crippen LogP contribution in [0.15, 0.2) is 0 Å². The topological polar surface area (TPSA) is 46.5 Å². The number of methoxy groups -OCH3 is 1. The van der Waals surface area contributed by atoms with Crippen LogP contribution in [0.5, 0.6) is 0 Å². The van der Waals surface area contributed by atoms with E-state index in [0.717, 1.165) is 12.8 Å². The van der Waals surface area contributed by atoms with Crippen molar-refractivity contribution in [1.29, 1.82) is 0 Å². The molecule has 1 aliphatic rings. The minimum absolute atomic E-state index is 0.143. The molecular weight excluding hydrogens is 180 g/mol. The molecule has 0 aromatic carbocycles. The molecule has 82 valence electrons. The van der Waals surface area contributed by atoms with Crippen molar-refractivity contribution in [3.63, 3.8) is 0 Å². The van der Waals surface area contributed by atoms with Crippen molar-refractivity contribution in [2.75, 3.05) is 7.11 Å². The molecule has 1 fully saturated rings. The van der Waals surface area contributed by atoms with Crippen LogP contribution in [0.4, 0.5) is 0 Å². The third-order valence-corrected chi connectivity index (χ3v) is 3.53. The third kappa shape index (κ3) is 2.08. The standard InChI is InChI=1S/C11H20O3/c1-10(2)7-11(3,14-4)6-5-8(10)9(12)13/h8H,5-7H2,1-4H3,(H,12,13). The largest absolute Gasteiger partial charge is 0.481 e. The molecule has 0 amide bonds. The molecule has 3 nitrogen and oxygen atoms in total. The highest BCUT2D eigenvalue weighted by Crippen LogP contribution is 2.46. The molecule has 3 heteroatoms. The molecule has 0 aromatic heterocycles. The first kappa shape index (κ1) is 11.5. The molecule has 1 aliphatic carbocycles. The van der Waals surface area contributed by atoms with Gasteiger partial charge in [-0.25, -0.2) is 0 Å². The average Bonchev–Trinajstić information content (AvgIpc) is 2.01. The molecule has 0 bridgehead atoms. The van der Waals surface area contributed by atoms with E-state index in [1.165, 1.54) is 0 Å².